The predicted molar refractivity (Wildman–Crippen MR) is 117 cm³/mol. The van der Waals surface area contributed by atoms with Crippen LogP contribution in [0.2, 0.25) is 0 Å². The summed E-state index contributed by atoms with van der Waals surface area (Å²) in [5.41, 5.74) is -0.599. The van der Waals surface area contributed by atoms with Gasteiger partial charge in [-0.3, -0.25) is 0 Å². The lowest BCUT2D eigenvalue weighted by molar-refractivity contribution is -0.135. The minimum Gasteiger partial charge on any atom is -0.506 e. The highest BCUT2D eigenvalue weighted by Crippen LogP contribution is 2.33. The number of phenolic OH excluding ortho intramolecular Hbond substituents is 2. The third-order valence-corrected chi connectivity index (χ3v) is 5.36. The summed E-state index contributed by atoms with van der Waals surface area (Å²) in [6.07, 6.45) is 1.13. The molecule has 0 saturated carbocycles. The van der Waals surface area contributed by atoms with E-state index in [-0.39, 0.29) is 20.1 Å². The molecule has 0 spiro atoms. The largest absolute Gasteiger partial charge is 0.506 e. The molecule has 0 aliphatic heterocycles. The topological polar surface area (TPSA) is 127 Å². The maximum atomic E-state index is 12.0. The fraction of sp³-hybridized carbons (Fsp3) is 0. The molecule has 0 aliphatic rings. The Labute approximate surface area is 202 Å². The Hall–Kier alpha value is -2.02. The van der Waals surface area contributed by atoms with Gasteiger partial charge < -0.3 is 19.7 Å². The summed E-state index contributed by atoms with van der Waals surface area (Å²) in [6, 6.07) is 5.41. The fourth-order valence-corrected chi connectivity index (χ4v) is 4.39. The van der Waals surface area contributed by atoms with Gasteiger partial charge >= 0.3 is 23.9 Å². The molecule has 2 N–H and O–H groups in total. The molecule has 2 aromatic rings. The third-order valence-electron chi connectivity index (χ3n) is 3.24. The van der Waals surface area contributed by atoms with Crippen molar-refractivity contribution in [3.8, 4) is 11.5 Å². The zero-order valence-electron chi connectivity index (χ0n) is 14.3. The Balaban J connectivity index is 2.02. The van der Waals surface area contributed by atoms with E-state index in [0.29, 0.717) is 21.1 Å². The van der Waals surface area contributed by atoms with Gasteiger partial charge in [-0.1, -0.05) is 31.9 Å². The number of halogens is 4. The molecule has 2 aromatic carbocycles. The van der Waals surface area contributed by atoms with E-state index in [9.17, 15) is 29.4 Å². The quantitative estimate of drug-likeness (QED) is 0.271. The first-order chi connectivity index (χ1) is 14.0. The Morgan fingerprint density at radius 1 is 0.667 bits per heavy atom. The van der Waals surface area contributed by atoms with Crippen LogP contribution in [0.3, 0.4) is 0 Å². The van der Waals surface area contributed by atoms with Crippen LogP contribution in [0.15, 0.2) is 54.3 Å². The second kappa shape index (κ2) is 10.3. The summed E-state index contributed by atoms with van der Waals surface area (Å²) in [5, 5.41) is 19.7. The van der Waals surface area contributed by atoms with E-state index >= 15 is 0 Å². The molecule has 0 fully saturated rings. The van der Waals surface area contributed by atoms with Crippen LogP contribution in [0, 0.1) is 0 Å². The number of rotatable bonds is 4. The molecule has 0 aliphatic carbocycles. The van der Waals surface area contributed by atoms with Gasteiger partial charge in [0.1, 0.15) is 22.6 Å². The van der Waals surface area contributed by atoms with E-state index in [1.807, 2.05) is 0 Å². The zero-order valence-corrected chi connectivity index (χ0v) is 20.7. The molecule has 0 unspecified atom stereocenters. The number of carbonyl (C=O) groups is 4. The lowest BCUT2D eigenvalue weighted by atomic mass is 10.2. The minimum atomic E-state index is -1.24. The van der Waals surface area contributed by atoms with Gasteiger partial charge in [-0.05, 0) is 56.1 Å². The Morgan fingerprint density at radius 2 is 1.00 bits per heavy atom. The zero-order chi connectivity index (χ0) is 22.6. The summed E-state index contributed by atoms with van der Waals surface area (Å²) in [4.78, 5) is 47.5. The Morgan fingerprint density at radius 3 is 1.33 bits per heavy atom. The number of ether oxygens (including phenoxy) is 2. The molecule has 0 amide bonds. The number of esters is 4. The molecule has 8 nitrogen and oxygen atoms in total. The van der Waals surface area contributed by atoms with Gasteiger partial charge in [-0.25, -0.2) is 19.2 Å². The van der Waals surface area contributed by atoms with Gasteiger partial charge in [0.25, 0.3) is 0 Å². The number of phenols is 2. The Kier molecular flexibility index (Phi) is 8.35. The molecule has 0 radical (unpaired) electrons. The molecular formula is C18H8Br4O8. The van der Waals surface area contributed by atoms with Crippen LogP contribution in [0.1, 0.15) is 20.7 Å². The fourth-order valence-electron chi connectivity index (χ4n) is 1.94. The maximum absolute atomic E-state index is 12.0. The number of carbonyl (C=O) groups excluding carboxylic acids is 4. The molecular weight excluding hydrogens is 664 g/mol. The number of hydrogen-bond acceptors (Lipinski definition) is 8. The average molecular weight is 672 g/mol. The van der Waals surface area contributed by atoms with Crippen LogP contribution >= 0.6 is 63.7 Å². The highest BCUT2D eigenvalue weighted by molar-refractivity contribution is 9.11. The van der Waals surface area contributed by atoms with Crippen LogP contribution in [0.25, 0.3) is 0 Å². The molecule has 2 rings (SSSR count). The lowest BCUT2D eigenvalue weighted by Gasteiger charge is -2.06. The summed E-state index contributed by atoms with van der Waals surface area (Å²) in [7, 11) is 0. The molecule has 0 atom stereocenters. The van der Waals surface area contributed by atoms with Gasteiger partial charge in [0.05, 0.1) is 8.95 Å². The van der Waals surface area contributed by atoms with Gasteiger partial charge in [0.2, 0.25) is 0 Å². The molecule has 0 aromatic heterocycles. The number of benzene rings is 2. The number of aromatic hydroxyl groups is 2. The molecule has 0 saturated heterocycles. The lowest BCUT2D eigenvalue weighted by Crippen LogP contribution is -2.13. The van der Waals surface area contributed by atoms with Crippen molar-refractivity contribution in [3.63, 3.8) is 0 Å². The molecule has 0 heterocycles. The normalized spacial score (nSPS) is 10.7. The number of hydrogen-bond donors (Lipinski definition) is 2. The third kappa shape index (κ3) is 6.24. The van der Waals surface area contributed by atoms with Crippen molar-refractivity contribution in [1.29, 1.82) is 0 Å². The smallest absolute Gasteiger partial charge is 0.349 e. The van der Waals surface area contributed by atoms with Crippen molar-refractivity contribution >= 4 is 87.6 Å². The van der Waals surface area contributed by atoms with E-state index in [1.165, 1.54) is 24.3 Å². The SMILES string of the molecule is O=C(C=CC(=O)OC(=O)c1cc(Br)cc(Br)c1O)OC(=O)c1cc(Br)cc(Br)c1O. The van der Waals surface area contributed by atoms with Crippen LogP contribution in [-0.2, 0) is 19.1 Å². The minimum absolute atomic E-state index is 0.191. The van der Waals surface area contributed by atoms with Gasteiger partial charge in [0.15, 0.2) is 0 Å². The summed E-state index contributed by atoms with van der Waals surface area (Å²) >= 11 is 12.3. The highest BCUT2D eigenvalue weighted by Gasteiger charge is 2.20. The van der Waals surface area contributed by atoms with Crippen molar-refractivity contribution in [3.05, 3.63) is 65.4 Å². The van der Waals surface area contributed by atoms with Crippen molar-refractivity contribution in [1.82, 2.24) is 0 Å². The van der Waals surface area contributed by atoms with Gasteiger partial charge in [0, 0.05) is 21.1 Å². The predicted octanol–water partition coefficient (Wildman–Crippen LogP) is 4.77. The van der Waals surface area contributed by atoms with Crippen molar-refractivity contribution in [2.24, 2.45) is 0 Å². The van der Waals surface area contributed by atoms with Crippen molar-refractivity contribution < 1.29 is 38.9 Å². The van der Waals surface area contributed by atoms with Crippen LogP contribution in [-0.4, -0.2) is 34.1 Å². The van der Waals surface area contributed by atoms with Crippen LogP contribution in [0.4, 0.5) is 0 Å². The van der Waals surface area contributed by atoms with Crippen molar-refractivity contribution in [2.45, 2.75) is 0 Å². The first kappa shape index (κ1) is 24.3. The molecule has 30 heavy (non-hydrogen) atoms. The monoisotopic (exact) mass is 668 g/mol. The second-order valence-electron chi connectivity index (χ2n) is 5.32. The summed E-state index contributed by atoms with van der Waals surface area (Å²) < 4.78 is 10.3. The van der Waals surface area contributed by atoms with E-state index in [0.717, 1.165) is 0 Å². The second-order valence-corrected chi connectivity index (χ2v) is 8.86. The van der Waals surface area contributed by atoms with Gasteiger partial charge in [-0.15, -0.1) is 0 Å². The highest BCUT2D eigenvalue weighted by atomic mass is 79.9. The molecule has 12 heteroatoms. The summed E-state index contributed by atoms with van der Waals surface area (Å²) in [5.74, 6) is -5.70. The Bertz CT molecular complexity index is 1010. The molecule has 0 bridgehead atoms. The van der Waals surface area contributed by atoms with Crippen molar-refractivity contribution in [2.75, 3.05) is 0 Å². The van der Waals surface area contributed by atoms with Crippen LogP contribution < -0.4 is 0 Å². The first-order valence-electron chi connectivity index (χ1n) is 7.56. The first-order valence-corrected chi connectivity index (χ1v) is 10.7. The van der Waals surface area contributed by atoms with Gasteiger partial charge in [-0.2, -0.15) is 0 Å². The average Bonchev–Trinajstić information content (AvgIpc) is 2.65. The van der Waals surface area contributed by atoms with E-state index in [2.05, 4.69) is 73.2 Å². The molecule has 156 valence electrons. The van der Waals surface area contributed by atoms with Crippen LogP contribution in [0.5, 0.6) is 11.5 Å². The van der Waals surface area contributed by atoms with E-state index in [1.54, 1.807) is 0 Å². The van der Waals surface area contributed by atoms with E-state index < -0.39 is 35.4 Å². The standard InChI is InChI=1S/C18H8Br4O8/c19-7-3-9(15(25)11(21)5-7)17(27)29-13(23)1-2-14(24)30-18(28)10-4-8(20)6-12(22)16(10)26/h1-6,25-26H. The summed E-state index contributed by atoms with van der Waals surface area (Å²) in [6.45, 7) is 0. The maximum Gasteiger partial charge on any atom is 0.349 e. The van der Waals surface area contributed by atoms with E-state index in [4.69, 9.17) is 0 Å².